The minimum atomic E-state index is -3.96. The molecule has 1 atom stereocenters. The maximum atomic E-state index is 13.1. The van der Waals surface area contributed by atoms with Crippen LogP contribution in [0, 0.1) is 5.82 Å². The Bertz CT molecular complexity index is 864. The van der Waals surface area contributed by atoms with Gasteiger partial charge in [0.2, 0.25) is 10.0 Å². The van der Waals surface area contributed by atoms with Gasteiger partial charge in [-0.3, -0.25) is 4.79 Å². The molecule has 0 N–H and O–H groups in total. The summed E-state index contributed by atoms with van der Waals surface area (Å²) in [5.41, 5.74) is 1.75. The highest BCUT2D eigenvalue weighted by atomic mass is 32.2. The number of esters is 1. The highest BCUT2D eigenvalue weighted by molar-refractivity contribution is 7.89. The molecule has 0 spiro atoms. The maximum Gasteiger partial charge on any atom is 0.324 e. The summed E-state index contributed by atoms with van der Waals surface area (Å²) in [5, 5.41) is 0. The van der Waals surface area contributed by atoms with Crippen LogP contribution >= 0.6 is 0 Å². The Morgan fingerprint density at radius 2 is 1.75 bits per heavy atom. The number of hydrogen-bond acceptors (Lipinski definition) is 4. The van der Waals surface area contributed by atoms with Crippen molar-refractivity contribution in [3.63, 3.8) is 0 Å². The summed E-state index contributed by atoms with van der Waals surface area (Å²) in [6.45, 7) is 0.0651. The molecule has 0 radical (unpaired) electrons. The normalized spacial score (nSPS) is 18.0. The van der Waals surface area contributed by atoms with Crippen LogP contribution in [0.1, 0.15) is 11.1 Å². The molecule has 126 valence electrons. The maximum absolute atomic E-state index is 13.1. The molecule has 0 bridgehead atoms. The molecule has 0 fully saturated rings. The summed E-state index contributed by atoms with van der Waals surface area (Å²) >= 11 is 0. The molecule has 0 aromatic heterocycles. The Hall–Kier alpha value is -2.25. The summed E-state index contributed by atoms with van der Waals surface area (Å²) in [6, 6.07) is 11.0. The van der Waals surface area contributed by atoms with E-state index in [1.807, 2.05) is 24.3 Å². The van der Waals surface area contributed by atoms with Crippen LogP contribution in [-0.2, 0) is 32.5 Å². The molecule has 0 unspecified atom stereocenters. The fraction of sp³-hybridized carbons (Fsp3) is 0.235. The van der Waals surface area contributed by atoms with Gasteiger partial charge in [-0.05, 0) is 35.4 Å². The average Bonchev–Trinajstić information content (AvgIpc) is 2.60. The lowest BCUT2D eigenvalue weighted by Gasteiger charge is -2.34. The molecule has 0 saturated heterocycles. The van der Waals surface area contributed by atoms with Crippen molar-refractivity contribution in [1.82, 2.24) is 4.31 Å². The molecule has 1 aliphatic rings. The van der Waals surface area contributed by atoms with Gasteiger partial charge in [0.1, 0.15) is 11.9 Å². The van der Waals surface area contributed by atoms with Crippen LogP contribution in [0.25, 0.3) is 0 Å². The quantitative estimate of drug-likeness (QED) is 0.796. The molecule has 1 heterocycles. The fourth-order valence-electron chi connectivity index (χ4n) is 2.83. The van der Waals surface area contributed by atoms with Gasteiger partial charge in [-0.1, -0.05) is 24.3 Å². The van der Waals surface area contributed by atoms with Crippen LogP contribution < -0.4 is 0 Å². The number of ether oxygens (including phenoxy) is 1. The van der Waals surface area contributed by atoms with E-state index in [4.69, 9.17) is 4.74 Å². The van der Waals surface area contributed by atoms with Crippen molar-refractivity contribution in [2.24, 2.45) is 0 Å². The van der Waals surface area contributed by atoms with Gasteiger partial charge in [0.25, 0.3) is 0 Å². The second kappa shape index (κ2) is 6.33. The third-order valence-corrected chi connectivity index (χ3v) is 5.97. The zero-order valence-electron chi connectivity index (χ0n) is 13.0. The van der Waals surface area contributed by atoms with E-state index in [9.17, 15) is 17.6 Å². The molecule has 0 amide bonds. The zero-order chi connectivity index (χ0) is 17.3. The minimum absolute atomic E-state index is 0.0582. The zero-order valence-corrected chi connectivity index (χ0v) is 13.8. The first-order valence-corrected chi connectivity index (χ1v) is 8.79. The first-order chi connectivity index (χ1) is 11.4. The van der Waals surface area contributed by atoms with E-state index < -0.39 is 27.9 Å². The predicted molar refractivity (Wildman–Crippen MR) is 85.1 cm³/mol. The highest BCUT2D eigenvalue weighted by Gasteiger charge is 2.40. The van der Waals surface area contributed by atoms with Crippen LogP contribution in [0.5, 0.6) is 0 Å². The molecule has 3 rings (SSSR count). The van der Waals surface area contributed by atoms with Gasteiger partial charge >= 0.3 is 5.97 Å². The standard InChI is InChI=1S/C17H16FNO4S/c1-23-17(20)16-10-12-4-2-3-5-13(12)11-19(16)24(21,22)15-8-6-14(18)7-9-15/h2-9,16H,10-11H2,1H3/t16-/m1/s1. The third kappa shape index (κ3) is 2.92. The smallest absolute Gasteiger partial charge is 0.324 e. The number of benzene rings is 2. The van der Waals surface area contributed by atoms with E-state index in [1.165, 1.54) is 19.2 Å². The number of hydrogen-bond donors (Lipinski definition) is 0. The number of carbonyl (C=O) groups excluding carboxylic acids is 1. The van der Waals surface area contributed by atoms with E-state index in [0.29, 0.717) is 0 Å². The van der Waals surface area contributed by atoms with E-state index in [2.05, 4.69) is 0 Å². The summed E-state index contributed by atoms with van der Waals surface area (Å²) in [5.74, 6) is -1.14. The third-order valence-electron chi connectivity index (χ3n) is 4.10. The fourth-order valence-corrected chi connectivity index (χ4v) is 4.39. The summed E-state index contributed by atoms with van der Waals surface area (Å²) < 4.78 is 44.9. The second-order valence-corrected chi connectivity index (χ2v) is 7.41. The summed E-state index contributed by atoms with van der Waals surface area (Å²) in [7, 11) is -2.73. The monoisotopic (exact) mass is 349 g/mol. The van der Waals surface area contributed by atoms with Gasteiger partial charge in [0.15, 0.2) is 0 Å². The van der Waals surface area contributed by atoms with E-state index >= 15 is 0 Å². The largest absolute Gasteiger partial charge is 0.468 e. The average molecular weight is 349 g/mol. The Kier molecular flexibility index (Phi) is 4.38. The molecular formula is C17H16FNO4S. The first kappa shape index (κ1) is 16.6. The molecule has 0 saturated carbocycles. The molecule has 5 nitrogen and oxygen atoms in total. The number of fused-ring (bicyclic) bond motifs is 1. The van der Waals surface area contributed by atoms with Gasteiger partial charge in [0.05, 0.1) is 12.0 Å². The molecule has 2 aromatic rings. The number of carbonyl (C=O) groups is 1. The van der Waals surface area contributed by atoms with Crippen molar-refractivity contribution in [1.29, 1.82) is 0 Å². The summed E-state index contributed by atoms with van der Waals surface area (Å²) in [4.78, 5) is 12.1. The lowest BCUT2D eigenvalue weighted by molar-refractivity contribution is -0.145. The van der Waals surface area contributed by atoms with Gasteiger partial charge in [-0.15, -0.1) is 0 Å². The van der Waals surface area contributed by atoms with Crippen LogP contribution in [0.3, 0.4) is 0 Å². The predicted octanol–water partition coefficient (Wildman–Crippen LogP) is 2.11. The number of methoxy groups -OCH3 is 1. The van der Waals surface area contributed by atoms with E-state index in [0.717, 1.165) is 27.6 Å². The van der Waals surface area contributed by atoms with Gasteiger partial charge in [0, 0.05) is 13.0 Å². The molecule has 1 aliphatic heterocycles. The minimum Gasteiger partial charge on any atom is -0.468 e. The van der Waals surface area contributed by atoms with Crippen molar-refractivity contribution < 1.29 is 22.3 Å². The molecule has 0 aliphatic carbocycles. The van der Waals surface area contributed by atoms with Crippen molar-refractivity contribution in [2.75, 3.05) is 7.11 Å². The van der Waals surface area contributed by atoms with E-state index in [1.54, 1.807) is 0 Å². The number of rotatable bonds is 3. The van der Waals surface area contributed by atoms with Crippen molar-refractivity contribution in [2.45, 2.75) is 23.9 Å². The molecule has 2 aromatic carbocycles. The van der Waals surface area contributed by atoms with Crippen molar-refractivity contribution in [3.8, 4) is 0 Å². The SMILES string of the molecule is COC(=O)[C@H]1Cc2ccccc2CN1S(=O)(=O)c1ccc(F)cc1. The highest BCUT2D eigenvalue weighted by Crippen LogP contribution is 2.29. The number of sulfonamides is 1. The van der Waals surface area contributed by atoms with Crippen LogP contribution in [0.2, 0.25) is 0 Å². The van der Waals surface area contributed by atoms with Gasteiger partial charge in [-0.2, -0.15) is 4.31 Å². The lowest BCUT2D eigenvalue weighted by atomic mass is 9.96. The van der Waals surface area contributed by atoms with Gasteiger partial charge < -0.3 is 4.74 Å². The van der Waals surface area contributed by atoms with Crippen LogP contribution in [-0.4, -0.2) is 31.8 Å². The Labute approximate surface area is 139 Å². The Morgan fingerprint density at radius 1 is 1.12 bits per heavy atom. The van der Waals surface area contributed by atoms with Gasteiger partial charge in [-0.25, -0.2) is 12.8 Å². The van der Waals surface area contributed by atoms with Crippen molar-refractivity contribution >= 4 is 16.0 Å². The molecule has 7 heteroatoms. The van der Waals surface area contributed by atoms with E-state index in [-0.39, 0.29) is 17.9 Å². The first-order valence-electron chi connectivity index (χ1n) is 7.35. The Balaban J connectivity index is 2.05. The van der Waals surface area contributed by atoms with Crippen molar-refractivity contribution in [3.05, 3.63) is 65.5 Å². The van der Waals surface area contributed by atoms with Crippen LogP contribution in [0.15, 0.2) is 53.4 Å². The number of halogens is 1. The second-order valence-electron chi connectivity index (χ2n) is 5.52. The lowest BCUT2D eigenvalue weighted by Crippen LogP contribution is -2.48. The molecular weight excluding hydrogens is 333 g/mol. The topological polar surface area (TPSA) is 63.7 Å². The number of nitrogens with zero attached hydrogens (tertiary/aromatic N) is 1. The Morgan fingerprint density at radius 3 is 2.38 bits per heavy atom. The molecule has 24 heavy (non-hydrogen) atoms. The summed E-state index contributed by atoms with van der Waals surface area (Å²) in [6.07, 6.45) is 0.239. The van der Waals surface area contributed by atoms with Crippen LogP contribution in [0.4, 0.5) is 4.39 Å².